The van der Waals surface area contributed by atoms with Gasteiger partial charge in [-0.1, -0.05) is 31.5 Å². The van der Waals surface area contributed by atoms with Crippen LogP contribution in [0.5, 0.6) is 5.75 Å². The molecule has 0 bridgehead atoms. The van der Waals surface area contributed by atoms with Crippen molar-refractivity contribution in [3.8, 4) is 5.75 Å². The van der Waals surface area contributed by atoms with Crippen molar-refractivity contribution in [3.63, 3.8) is 0 Å². The number of benzene rings is 1. The highest BCUT2D eigenvalue weighted by Gasteiger charge is 2.10. The normalized spacial score (nSPS) is 11.9. The number of unbranched alkanes of at least 4 members (excludes halogenated alkanes) is 1. The molecule has 21 heavy (non-hydrogen) atoms. The van der Waals surface area contributed by atoms with Gasteiger partial charge in [0.15, 0.2) is 0 Å². The van der Waals surface area contributed by atoms with Gasteiger partial charge in [-0.3, -0.25) is 0 Å². The lowest BCUT2D eigenvalue weighted by Gasteiger charge is -2.22. The van der Waals surface area contributed by atoms with Crippen molar-refractivity contribution < 1.29 is 4.74 Å². The first-order chi connectivity index (χ1) is 9.92. The van der Waals surface area contributed by atoms with E-state index in [9.17, 15) is 0 Å². The van der Waals surface area contributed by atoms with Crippen LogP contribution in [0, 0.1) is 0 Å². The van der Waals surface area contributed by atoms with E-state index in [4.69, 9.17) is 4.74 Å². The Labute approximate surface area is 130 Å². The second-order valence-corrected chi connectivity index (χ2v) is 6.72. The molecule has 0 saturated heterocycles. The van der Waals surface area contributed by atoms with E-state index in [0.29, 0.717) is 0 Å². The molecule has 1 aromatic carbocycles. The summed E-state index contributed by atoms with van der Waals surface area (Å²) in [4.78, 5) is 2.33. The number of nitrogens with zero attached hydrogens (tertiary/aromatic N) is 1. The van der Waals surface area contributed by atoms with Crippen LogP contribution < -0.4 is 10.1 Å². The van der Waals surface area contributed by atoms with Crippen LogP contribution in [0.1, 0.15) is 46.1 Å². The predicted molar refractivity (Wildman–Crippen MR) is 90.9 cm³/mol. The Morgan fingerprint density at radius 3 is 2.52 bits per heavy atom. The molecule has 3 heteroatoms. The molecule has 1 aromatic rings. The third kappa shape index (κ3) is 8.08. The van der Waals surface area contributed by atoms with Gasteiger partial charge in [-0.25, -0.2) is 0 Å². The fourth-order valence-corrected chi connectivity index (χ4v) is 2.00. The van der Waals surface area contributed by atoms with Gasteiger partial charge in [-0.2, -0.15) is 0 Å². The summed E-state index contributed by atoms with van der Waals surface area (Å²) in [5.41, 5.74) is 1.34. The number of hydrogen-bond acceptors (Lipinski definition) is 3. The molecule has 0 fully saturated rings. The molecule has 0 aliphatic heterocycles. The fourth-order valence-electron chi connectivity index (χ4n) is 2.00. The largest absolute Gasteiger partial charge is 0.492 e. The second-order valence-electron chi connectivity index (χ2n) is 6.72. The van der Waals surface area contributed by atoms with Gasteiger partial charge >= 0.3 is 0 Å². The summed E-state index contributed by atoms with van der Waals surface area (Å²) in [5, 5.41) is 3.52. The molecule has 0 atom stereocenters. The van der Waals surface area contributed by atoms with Crippen LogP contribution in [0.15, 0.2) is 24.3 Å². The van der Waals surface area contributed by atoms with Crippen molar-refractivity contribution >= 4 is 0 Å². The molecular weight excluding hydrogens is 260 g/mol. The first kappa shape index (κ1) is 18.0. The highest BCUT2D eigenvalue weighted by Crippen LogP contribution is 2.18. The summed E-state index contributed by atoms with van der Waals surface area (Å²) in [6, 6.07) is 8.30. The van der Waals surface area contributed by atoms with Gasteiger partial charge in [0.05, 0.1) is 0 Å². The molecule has 0 heterocycles. The van der Waals surface area contributed by atoms with Crippen LogP contribution in [-0.2, 0) is 6.54 Å². The van der Waals surface area contributed by atoms with Gasteiger partial charge < -0.3 is 15.0 Å². The van der Waals surface area contributed by atoms with Crippen molar-refractivity contribution in [1.82, 2.24) is 10.2 Å². The molecule has 0 amide bonds. The number of rotatable bonds is 9. The molecule has 0 unspecified atom stereocenters. The molecule has 1 rings (SSSR count). The first-order valence-corrected chi connectivity index (χ1v) is 8.06. The molecule has 0 radical (unpaired) electrons. The van der Waals surface area contributed by atoms with E-state index in [-0.39, 0.29) is 5.54 Å². The van der Waals surface area contributed by atoms with Crippen molar-refractivity contribution in [1.29, 1.82) is 0 Å². The molecule has 0 spiro atoms. The van der Waals surface area contributed by atoms with Crippen LogP contribution in [0.2, 0.25) is 0 Å². The minimum atomic E-state index is 0.119. The zero-order chi connectivity index (χ0) is 15.7. The maximum atomic E-state index is 5.97. The Hall–Kier alpha value is -1.06. The minimum absolute atomic E-state index is 0.119. The molecule has 0 aliphatic rings. The Morgan fingerprint density at radius 2 is 1.86 bits per heavy atom. The van der Waals surface area contributed by atoms with Crippen molar-refractivity contribution in [2.45, 2.75) is 52.6 Å². The Bertz CT molecular complexity index is 398. The first-order valence-electron chi connectivity index (χ1n) is 8.06. The number of para-hydroxylation sites is 1. The third-order valence-electron chi connectivity index (χ3n) is 3.41. The van der Waals surface area contributed by atoms with Crippen LogP contribution in [0.25, 0.3) is 0 Å². The number of hydrogen-bond donors (Lipinski definition) is 1. The second kappa shape index (κ2) is 9.06. The summed E-state index contributed by atoms with van der Waals surface area (Å²) in [5.74, 6) is 0.998. The zero-order valence-corrected chi connectivity index (χ0v) is 14.4. The topological polar surface area (TPSA) is 24.5 Å². The van der Waals surface area contributed by atoms with Gasteiger partial charge in [-0.05, 0) is 46.9 Å². The lowest BCUT2D eigenvalue weighted by molar-refractivity contribution is 0.233. The molecule has 3 nitrogen and oxygen atoms in total. The monoisotopic (exact) mass is 292 g/mol. The third-order valence-corrected chi connectivity index (χ3v) is 3.41. The summed E-state index contributed by atoms with van der Waals surface area (Å²) >= 11 is 0. The smallest absolute Gasteiger partial charge is 0.123 e. The van der Waals surface area contributed by atoms with Gasteiger partial charge in [0.25, 0.3) is 0 Å². The van der Waals surface area contributed by atoms with E-state index >= 15 is 0 Å². The lowest BCUT2D eigenvalue weighted by Crippen LogP contribution is -2.35. The van der Waals surface area contributed by atoms with Crippen LogP contribution in [0.4, 0.5) is 0 Å². The van der Waals surface area contributed by atoms with Gasteiger partial charge in [0.2, 0.25) is 0 Å². The summed E-state index contributed by atoms with van der Waals surface area (Å²) < 4.78 is 5.97. The summed E-state index contributed by atoms with van der Waals surface area (Å²) in [7, 11) is 2.16. The van der Waals surface area contributed by atoms with E-state index in [1.165, 1.54) is 18.4 Å². The molecular formula is C18H32N2O. The molecule has 0 saturated carbocycles. The van der Waals surface area contributed by atoms with Gasteiger partial charge in [0.1, 0.15) is 12.4 Å². The number of ether oxygens (including phenoxy) is 1. The van der Waals surface area contributed by atoms with Crippen LogP contribution >= 0.6 is 0 Å². The van der Waals surface area contributed by atoms with Gasteiger partial charge in [0, 0.05) is 24.2 Å². The highest BCUT2D eigenvalue weighted by atomic mass is 16.5. The van der Waals surface area contributed by atoms with Crippen molar-refractivity contribution in [2.75, 3.05) is 26.7 Å². The lowest BCUT2D eigenvalue weighted by atomic mass is 10.1. The maximum absolute atomic E-state index is 5.97. The van der Waals surface area contributed by atoms with E-state index < -0.39 is 0 Å². The predicted octanol–water partition coefficient (Wildman–Crippen LogP) is 3.69. The fraction of sp³-hybridized carbons (Fsp3) is 0.667. The Morgan fingerprint density at radius 1 is 1.14 bits per heavy atom. The highest BCUT2D eigenvalue weighted by molar-refractivity contribution is 5.33. The number of nitrogens with one attached hydrogen (secondary N) is 1. The average molecular weight is 292 g/mol. The zero-order valence-electron chi connectivity index (χ0n) is 14.4. The number of likely N-dealkylation sites (N-methyl/N-ethyl adjacent to an activating group) is 1. The molecule has 0 aromatic heterocycles. The van der Waals surface area contributed by atoms with Crippen LogP contribution in [0.3, 0.4) is 0 Å². The van der Waals surface area contributed by atoms with E-state index in [1.54, 1.807) is 0 Å². The summed E-state index contributed by atoms with van der Waals surface area (Å²) in [6.07, 6.45) is 2.50. The van der Waals surface area contributed by atoms with Crippen LogP contribution in [-0.4, -0.2) is 37.2 Å². The van der Waals surface area contributed by atoms with Gasteiger partial charge in [-0.15, -0.1) is 0 Å². The molecule has 1 N–H and O–H groups in total. The minimum Gasteiger partial charge on any atom is -0.492 e. The van der Waals surface area contributed by atoms with Crippen molar-refractivity contribution in [2.24, 2.45) is 0 Å². The van der Waals surface area contributed by atoms with E-state index in [1.807, 2.05) is 6.07 Å². The van der Waals surface area contributed by atoms with E-state index in [2.05, 4.69) is 63.2 Å². The Kier molecular flexibility index (Phi) is 7.76. The maximum Gasteiger partial charge on any atom is 0.123 e. The summed E-state index contributed by atoms with van der Waals surface area (Å²) in [6.45, 7) is 12.5. The Balaban J connectivity index is 2.44. The van der Waals surface area contributed by atoms with E-state index in [0.717, 1.165) is 32.0 Å². The quantitative estimate of drug-likeness (QED) is 0.751. The SMILES string of the molecule is CCCCN(C)CCOc1ccccc1CNC(C)(C)C. The average Bonchev–Trinajstić information content (AvgIpc) is 2.43. The van der Waals surface area contributed by atoms with Crippen molar-refractivity contribution in [3.05, 3.63) is 29.8 Å². The molecule has 120 valence electrons. The molecule has 0 aliphatic carbocycles. The standard InChI is InChI=1S/C18H32N2O/c1-6-7-12-20(5)13-14-21-17-11-9-8-10-16(17)15-19-18(2,3)4/h8-11,19H,6-7,12-15H2,1-5H3.